The number of hydrogen-bond acceptors (Lipinski definition) is 1. The average molecular weight is 195 g/mol. The molecule has 0 saturated carbocycles. The zero-order valence-electron chi connectivity index (χ0n) is 8.72. The summed E-state index contributed by atoms with van der Waals surface area (Å²) in [6.45, 7) is 4.15. The molecule has 1 aromatic rings. The molecule has 0 aromatic heterocycles. The fraction of sp³-hybridized carbons (Fsp3) is 0.417. The van der Waals surface area contributed by atoms with Crippen molar-refractivity contribution in [2.24, 2.45) is 0 Å². The predicted molar refractivity (Wildman–Crippen MR) is 56.2 cm³/mol. The van der Waals surface area contributed by atoms with Crippen LogP contribution in [-0.2, 0) is 0 Å². The Balaban J connectivity index is 2.68. The van der Waals surface area contributed by atoms with Crippen molar-refractivity contribution in [3.8, 4) is 5.75 Å². The molecule has 0 heterocycles. The maximum absolute atomic E-state index is 12.4. The van der Waals surface area contributed by atoms with Gasteiger partial charge in [-0.3, -0.25) is 4.39 Å². The molecule has 2 heteroatoms. The number of ether oxygens (including phenoxy) is 1. The van der Waals surface area contributed by atoms with Gasteiger partial charge in [0.25, 0.3) is 0 Å². The van der Waals surface area contributed by atoms with Crippen LogP contribution in [0.15, 0.2) is 24.3 Å². The Morgan fingerprint density at radius 2 is 2.21 bits per heavy atom. The number of hydrogen-bond donors (Lipinski definition) is 0. The Labute approximate surface area is 84.9 Å². The molecule has 1 nitrogen and oxygen atoms in total. The van der Waals surface area contributed by atoms with Gasteiger partial charge in [0.1, 0.15) is 5.75 Å². The van der Waals surface area contributed by atoms with E-state index in [1.807, 2.05) is 24.3 Å². The molecule has 0 aliphatic carbocycles. The minimum absolute atomic E-state index is 0.406. The lowest BCUT2D eigenvalue weighted by atomic mass is 10.0. The summed E-state index contributed by atoms with van der Waals surface area (Å²) in [7, 11) is 0. The molecular weight excluding hydrogens is 179 g/mol. The maximum atomic E-state index is 12.4. The highest BCUT2D eigenvalue weighted by molar-refractivity contribution is 5.36. The summed E-state index contributed by atoms with van der Waals surface area (Å²) in [5, 5.41) is 0. The third-order valence-electron chi connectivity index (χ3n) is 2.00. The lowest BCUT2D eigenvalue weighted by Gasteiger charge is -2.09. The molecule has 1 radical (unpaired) electrons. The molecule has 77 valence electrons. The lowest BCUT2D eigenvalue weighted by Crippen LogP contribution is -1.99. The van der Waals surface area contributed by atoms with Crippen molar-refractivity contribution in [1.82, 2.24) is 0 Å². The second kappa shape index (κ2) is 5.63. The van der Waals surface area contributed by atoms with Crippen molar-refractivity contribution in [2.45, 2.75) is 20.3 Å². The van der Waals surface area contributed by atoms with Crippen LogP contribution in [0, 0.1) is 5.92 Å². The van der Waals surface area contributed by atoms with Crippen molar-refractivity contribution in [3.05, 3.63) is 35.7 Å². The van der Waals surface area contributed by atoms with Crippen LogP contribution in [0.5, 0.6) is 5.75 Å². The maximum Gasteiger partial charge on any atom is 0.119 e. The quantitative estimate of drug-likeness (QED) is 0.699. The van der Waals surface area contributed by atoms with Crippen LogP contribution in [0.25, 0.3) is 0 Å². The Morgan fingerprint density at radius 3 is 2.86 bits per heavy atom. The third-order valence-corrected chi connectivity index (χ3v) is 2.00. The van der Waals surface area contributed by atoms with Gasteiger partial charge in [0.15, 0.2) is 0 Å². The Hall–Kier alpha value is -1.05. The highest BCUT2D eigenvalue weighted by Crippen LogP contribution is 2.20. The van der Waals surface area contributed by atoms with Gasteiger partial charge in [-0.25, -0.2) is 0 Å². The lowest BCUT2D eigenvalue weighted by molar-refractivity contribution is 0.317. The summed E-state index contributed by atoms with van der Waals surface area (Å²) in [6.07, 6.45) is 0.982. The van der Waals surface area contributed by atoms with E-state index in [0.717, 1.165) is 23.7 Å². The first-order valence-electron chi connectivity index (χ1n) is 4.89. The Kier molecular flexibility index (Phi) is 4.44. The molecule has 0 amide bonds. The Bertz CT molecular complexity index is 273. The zero-order chi connectivity index (χ0) is 10.4. The molecule has 0 N–H and O–H groups in total. The van der Waals surface area contributed by atoms with Gasteiger partial charge in [0.2, 0.25) is 0 Å². The topological polar surface area (TPSA) is 9.23 Å². The van der Waals surface area contributed by atoms with E-state index in [-0.39, 0.29) is 0 Å². The van der Waals surface area contributed by atoms with Gasteiger partial charge in [0.05, 0.1) is 13.3 Å². The van der Waals surface area contributed by atoms with E-state index in [0.29, 0.717) is 6.61 Å². The second-order valence-corrected chi connectivity index (χ2v) is 3.29. The van der Waals surface area contributed by atoms with E-state index in [2.05, 4.69) is 6.92 Å². The van der Waals surface area contributed by atoms with Gasteiger partial charge < -0.3 is 4.74 Å². The van der Waals surface area contributed by atoms with E-state index < -0.39 is 6.67 Å². The molecule has 0 aliphatic heterocycles. The van der Waals surface area contributed by atoms with Crippen LogP contribution in [-0.4, -0.2) is 13.3 Å². The fourth-order valence-corrected chi connectivity index (χ4v) is 1.15. The third kappa shape index (κ3) is 3.02. The van der Waals surface area contributed by atoms with Crippen LogP contribution in [0.3, 0.4) is 0 Å². The molecule has 0 aliphatic rings. The summed E-state index contributed by atoms with van der Waals surface area (Å²) in [5.74, 6) is 1.56. The first kappa shape index (κ1) is 11.0. The van der Waals surface area contributed by atoms with E-state index in [9.17, 15) is 4.39 Å². The van der Waals surface area contributed by atoms with E-state index in [1.54, 1.807) is 6.92 Å². The minimum atomic E-state index is -0.406. The summed E-state index contributed by atoms with van der Waals surface area (Å²) in [6, 6.07) is 7.56. The largest absolute Gasteiger partial charge is 0.494 e. The summed E-state index contributed by atoms with van der Waals surface area (Å²) in [4.78, 5) is 0. The van der Waals surface area contributed by atoms with Crippen molar-refractivity contribution >= 4 is 0 Å². The standard InChI is InChI=1S/C12H16FO/c1-3-7-14-12-6-4-5-11(8-12)10(2)9-13/h4-6,8H,3,7,9H2,1-2H3. The monoisotopic (exact) mass is 195 g/mol. The van der Waals surface area contributed by atoms with Crippen LogP contribution in [0.2, 0.25) is 0 Å². The van der Waals surface area contributed by atoms with Crippen LogP contribution in [0.1, 0.15) is 25.8 Å². The first-order valence-corrected chi connectivity index (χ1v) is 4.89. The number of halogens is 1. The minimum Gasteiger partial charge on any atom is -0.494 e. The van der Waals surface area contributed by atoms with Crippen molar-refractivity contribution in [2.75, 3.05) is 13.3 Å². The van der Waals surface area contributed by atoms with Gasteiger partial charge in [-0.2, -0.15) is 0 Å². The SMILES string of the molecule is CCCOc1cccc([C](C)CF)c1. The van der Waals surface area contributed by atoms with Crippen LogP contribution < -0.4 is 4.74 Å². The molecular formula is C12H16FO. The molecule has 0 bridgehead atoms. The number of benzene rings is 1. The summed E-state index contributed by atoms with van der Waals surface area (Å²) in [5.41, 5.74) is 0.918. The zero-order valence-corrected chi connectivity index (χ0v) is 8.72. The molecule has 0 fully saturated rings. The van der Waals surface area contributed by atoms with Crippen LogP contribution in [0.4, 0.5) is 4.39 Å². The average Bonchev–Trinajstić information content (AvgIpc) is 2.25. The van der Waals surface area contributed by atoms with E-state index >= 15 is 0 Å². The summed E-state index contributed by atoms with van der Waals surface area (Å²) >= 11 is 0. The molecule has 0 saturated heterocycles. The molecule has 0 spiro atoms. The normalized spacial score (nSPS) is 10.6. The molecule has 14 heavy (non-hydrogen) atoms. The Morgan fingerprint density at radius 1 is 1.43 bits per heavy atom. The highest BCUT2D eigenvalue weighted by Gasteiger charge is 2.06. The van der Waals surface area contributed by atoms with Crippen molar-refractivity contribution in [3.63, 3.8) is 0 Å². The van der Waals surface area contributed by atoms with Crippen molar-refractivity contribution in [1.29, 1.82) is 0 Å². The van der Waals surface area contributed by atoms with Crippen LogP contribution >= 0.6 is 0 Å². The molecule has 0 atom stereocenters. The number of rotatable bonds is 5. The van der Waals surface area contributed by atoms with Crippen molar-refractivity contribution < 1.29 is 9.13 Å². The van der Waals surface area contributed by atoms with Gasteiger partial charge in [0, 0.05) is 5.92 Å². The van der Waals surface area contributed by atoms with Gasteiger partial charge in [-0.1, -0.05) is 26.0 Å². The smallest absolute Gasteiger partial charge is 0.119 e. The second-order valence-electron chi connectivity index (χ2n) is 3.29. The van der Waals surface area contributed by atoms with E-state index in [4.69, 9.17) is 4.74 Å². The first-order chi connectivity index (χ1) is 6.77. The summed E-state index contributed by atoms with van der Waals surface area (Å²) < 4.78 is 17.8. The van der Waals surface area contributed by atoms with Gasteiger partial charge >= 0.3 is 0 Å². The molecule has 0 unspecified atom stereocenters. The molecule has 1 aromatic carbocycles. The molecule has 1 rings (SSSR count). The highest BCUT2D eigenvalue weighted by atomic mass is 19.1. The van der Waals surface area contributed by atoms with E-state index in [1.165, 1.54) is 0 Å². The fourth-order valence-electron chi connectivity index (χ4n) is 1.15. The number of alkyl halides is 1. The van der Waals surface area contributed by atoms with Gasteiger partial charge in [-0.15, -0.1) is 0 Å². The van der Waals surface area contributed by atoms with Gasteiger partial charge in [-0.05, 0) is 24.1 Å². The predicted octanol–water partition coefficient (Wildman–Crippen LogP) is 3.39.